The second kappa shape index (κ2) is 6.00. The summed E-state index contributed by atoms with van der Waals surface area (Å²) in [5, 5.41) is 22.8. The Kier molecular flexibility index (Phi) is 4.93. The molecule has 0 bridgehead atoms. The zero-order chi connectivity index (χ0) is 13.0. The van der Waals surface area contributed by atoms with Crippen molar-refractivity contribution in [2.24, 2.45) is 0 Å². The maximum Gasteiger partial charge on any atom is 0.105 e. The standard InChI is InChI=1S/C13H22N2O2/c1-8-6-10(7-9(2)12(8)14)13(17)11(16)4-5-15-3/h6-7,11,13,15-17H,4-5,14H2,1-3H3. The summed E-state index contributed by atoms with van der Waals surface area (Å²) in [6, 6.07) is 3.66. The molecule has 0 aromatic heterocycles. The Morgan fingerprint density at radius 1 is 1.24 bits per heavy atom. The van der Waals surface area contributed by atoms with Crippen LogP contribution in [0.25, 0.3) is 0 Å². The van der Waals surface area contributed by atoms with Crippen LogP contribution in [0.15, 0.2) is 12.1 Å². The molecule has 0 aliphatic carbocycles. The van der Waals surface area contributed by atoms with E-state index in [0.29, 0.717) is 13.0 Å². The summed E-state index contributed by atoms with van der Waals surface area (Å²) in [5.41, 5.74) is 9.18. The Hall–Kier alpha value is -1.10. The Morgan fingerprint density at radius 3 is 2.24 bits per heavy atom. The minimum absolute atomic E-state index is 0.514. The van der Waals surface area contributed by atoms with E-state index in [-0.39, 0.29) is 0 Å². The first kappa shape index (κ1) is 14.0. The quantitative estimate of drug-likeness (QED) is 0.574. The predicted octanol–water partition coefficient (Wildman–Crippen LogP) is 0.889. The Morgan fingerprint density at radius 2 is 1.76 bits per heavy atom. The molecular formula is C13H22N2O2. The number of nitrogens with one attached hydrogen (secondary N) is 1. The summed E-state index contributed by atoms with van der Waals surface area (Å²) in [5.74, 6) is 0. The van der Waals surface area contributed by atoms with Gasteiger partial charge in [-0.3, -0.25) is 0 Å². The molecule has 0 amide bonds. The van der Waals surface area contributed by atoms with Gasteiger partial charge in [0.15, 0.2) is 0 Å². The van der Waals surface area contributed by atoms with Crippen LogP contribution < -0.4 is 11.1 Å². The minimum atomic E-state index is -0.860. The molecule has 0 saturated heterocycles. The molecule has 1 rings (SSSR count). The van der Waals surface area contributed by atoms with Crippen molar-refractivity contribution in [1.29, 1.82) is 0 Å². The third-order valence-corrected chi connectivity index (χ3v) is 3.01. The fourth-order valence-electron chi connectivity index (χ4n) is 1.85. The van der Waals surface area contributed by atoms with Gasteiger partial charge in [-0.2, -0.15) is 0 Å². The smallest absolute Gasteiger partial charge is 0.105 e. The van der Waals surface area contributed by atoms with Gasteiger partial charge in [-0.05, 0) is 50.6 Å². The summed E-state index contributed by atoms with van der Waals surface area (Å²) in [4.78, 5) is 0. The fraction of sp³-hybridized carbons (Fsp3) is 0.538. The number of benzene rings is 1. The van der Waals surface area contributed by atoms with Gasteiger partial charge in [0.05, 0.1) is 6.10 Å². The van der Waals surface area contributed by atoms with Crippen LogP contribution in [0.5, 0.6) is 0 Å². The molecule has 0 radical (unpaired) electrons. The summed E-state index contributed by atoms with van der Waals surface area (Å²) < 4.78 is 0. The molecule has 4 nitrogen and oxygen atoms in total. The van der Waals surface area contributed by atoms with Crippen molar-refractivity contribution >= 4 is 5.69 Å². The van der Waals surface area contributed by atoms with Crippen molar-refractivity contribution < 1.29 is 10.2 Å². The number of hydrogen-bond donors (Lipinski definition) is 4. The van der Waals surface area contributed by atoms with Crippen LogP contribution in [0.2, 0.25) is 0 Å². The number of aliphatic hydroxyl groups excluding tert-OH is 2. The number of rotatable bonds is 5. The molecule has 1 aromatic carbocycles. The van der Waals surface area contributed by atoms with E-state index in [1.165, 1.54) is 0 Å². The van der Waals surface area contributed by atoms with Crippen molar-refractivity contribution in [2.45, 2.75) is 32.5 Å². The van der Waals surface area contributed by atoms with E-state index in [0.717, 1.165) is 22.4 Å². The zero-order valence-corrected chi connectivity index (χ0v) is 10.7. The van der Waals surface area contributed by atoms with Crippen LogP contribution in [0, 0.1) is 13.8 Å². The lowest BCUT2D eigenvalue weighted by molar-refractivity contribution is 0.0140. The Bertz CT molecular complexity index is 357. The van der Waals surface area contributed by atoms with Crippen LogP contribution in [0.1, 0.15) is 29.2 Å². The van der Waals surface area contributed by atoms with E-state index in [1.54, 1.807) is 0 Å². The molecule has 96 valence electrons. The van der Waals surface area contributed by atoms with Crippen molar-refractivity contribution in [3.8, 4) is 0 Å². The van der Waals surface area contributed by atoms with Gasteiger partial charge >= 0.3 is 0 Å². The molecule has 1 aromatic rings. The molecule has 0 saturated carbocycles. The van der Waals surface area contributed by atoms with Gasteiger partial charge in [-0.25, -0.2) is 0 Å². The van der Waals surface area contributed by atoms with Crippen LogP contribution in [0.3, 0.4) is 0 Å². The van der Waals surface area contributed by atoms with Gasteiger partial charge in [-0.1, -0.05) is 12.1 Å². The summed E-state index contributed by atoms with van der Waals surface area (Å²) in [6.07, 6.45) is -1.11. The zero-order valence-electron chi connectivity index (χ0n) is 10.7. The van der Waals surface area contributed by atoms with E-state index < -0.39 is 12.2 Å². The second-order valence-corrected chi connectivity index (χ2v) is 4.47. The summed E-state index contributed by atoms with van der Waals surface area (Å²) in [7, 11) is 1.82. The van der Waals surface area contributed by atoms with Gasteiger partial charge in [0.25, 0.3) is 0 Å². The number of aryl methyl sites for hydroxylation is 2. The van der Waals surface area contributed by atoms with Crippen molar-refractivity contribution in [1.82, 2.24) is 5.32 Å². The van der Waals surface area contributed by atoms with Gasteiger partial charge in [0.2, 0.25) is 0 Å². The first-order valence-corrected chi connectivity index (χ1v) is 5.84. The maximum absolute atomic E-state index is 10.0. The van der Waals surface area contributed by atoms with Crippen LogP contribution in [0.4, 0.5) is 5.69 Å². The molecule has 4 heteroatoms. The van der Waals surface area contributed by atoms with Crippen molar-refractivity contribution in [3.05, 3.63) is 28.8 Å². The predicted molar refractivity (Wildman–Crippen MR) is 69.8 cm³/mol. The number of hydrogen-bond acceptors (Lipinski definition) is 4. The Labute approximate surface area is 102 Å². The molecule has 5 N–H and O–H groups in total. The third kappa shape index (κ3) is 3.43. The SMILES string of the molecule is CNCCC(O)C(O)c1cc(C)c(N)c(C)c1. The first-order valence-electron chi connectivity index (χ1n) is 5.84. The largest absolute Gasteiger partial charge is 0.398 e. The highest BCUT2D eigenvalue weighted by Crippen LogP contribution is 2.25. The molecule has 0 fully saturated rings. The lowest BCUT2D eigenvalue weighted by atomic mass is 9.97. The second-order valence-electron chi connectivity index (χ2n) is 4.47. The minimum Gasteiger partial charge on any atom is -0.398 e. The van der Waals surface area contributed by atoms with Crippen LogP contribution >= 0.6 is 0 Å². The number of nitrogens with two attached hydrogens (primary N) is 1. The van der Waals surface area contributed by atoms with E-state index in [4.69, 9.17) is 5.73 Å². The van der Waals surface area contributed by atoms with Gasteiger partial charge in [-0.15, -0.1) is 0 Å². The van der Waals surface area contributed by atoms with E-state index in [1.807, 2.05) is 33.0 Å². The molecule has 2 atom stereocenters. The Balaban J connectivity index is 2.85. The fourth-order valence-corrected chi connectivity index (χ4v) is 1.85. The van der Waals surface area contributed by atoms with Gasteiger partial charge in [0, 0.05) is 5.69 Å². The van der Waals surface area contributed by atoms with Gasteiger partial charge < -0.3 is 21.3 Å². The van der Waals surface area contributed by atoms with E-state index >= 15 is 0 Å². The lowest BCUT2D eigenvalue weighted by Crippen LogP contribution is -2.23. The molecule has 2 unspecified atom stereocenters. The van der Waals surface area contributed by atoms with E-state index in [2.05, 4.69) is 5.32 Å². The first-order chi connectivity index (χ1) is 7.97. The molecule has 0 heterocycles. The highest BCUT2D eigenvalue weighted by Gasteiger charge is 2.18. The highest BCUT2D eigenvalue weighted by atomic mass is 16.3. The van der Waals surface area contributed by atoms with Crippen LogP contribution in [-0.4, -0.2) is 29.9 Å². The molecule has 0 spiro atoms. The number of nitrogen functional groups attached to an aromatic ring is 1. The molecular weight excluding hydrogens is 216 g/mol. The van der Waals surface area contributed by atoms with Gasteiger partial charge in [0.1, 0.15) is 6.10 Å². The average Bonchev–Trinajstić information content (AvgIpc) is 2.31. The number of aliphatic hydroxyl groups is 2. The third-order valence-electron chi connectivity index (χ3n) is 3.01. The molecule has 0 aliphatic rings. The summed E-state index contributed by atoms with van der Waals surface area (Å²) >= 11 is 0. The topological polar surface area (TPSA) is 78.5 Å². The maximum atomic E-state index is 10.0. The van der Waals surface area contributed by atoms with E-state index in [9.17, 15) is 10.2 Å². The highest BCUT2D eigenvalue weighted by molar-refractivity contribution is 5.54. The summed E-state index contributed by atoms with van der Waals surface area (Å²) in [6.45, 7) is 4.47. The monoisotopic (exact) mass is 238 g/mol. The number of anilines is 1. The van der Waals surface area contributed by atoms with Crippen molar-refractivity contribution in [3.63, 3.8) is 0 Å². The normalized spacial score (nSPS) is 14.6. The average molecular weight is 238 g/mol. The molecule has 17 heavy (non-hydrogen) atoms. The van der Waals surface area contributed by atoms with Crippen molar-refractivity contribution in [2.75, 3.05) is 19.3 Å². The molecule has 0 aliphatic heterocycles. The van der Waals surface area contributed by atoms with Crippen LogP contribution in [-0.2, 0) is 0 Å². The lowest BCUT2D eigenvalue weighted by Gasteiger charge is -2.19.